The zero-order valence-electron chi connectivity index (χ0n) is 11.2. The lowest BCUT2D eigenvalue weighted by Crippen LogP contribution is -2.26. The molecule has 2 aromatic rings. The van der Waals surface area contributed by atoms with Gasteiger partial charge in [-0.15, -0.1) is 11.3 Å². The highest BCUT2D eigenvalue weighted by molar-refractivity contribution is 7.89. The summed E-state index contributed by atoms with van der Waals surface area (Å²) in [4.78, 5) is 4.26. The van der Waals surface area contributed by atoms with E-state index in [1.807, 2.05) is 5.38 Å². The second kappa shape index (κ2) is 6.01. The Labute approximate surface area is 122 Å². The second-order valence-corrected chi connectivity index (χ2v) is 7.25. The molecular formula is C13H16N2O3S2. The van der Waals surface area contributed by atoms with Crippen molar-refractivity contribution < 1.29 is 13.5 Å². The molecule has 0 spiro atoms. The third-order valence-corrected chi connectivity index (χ3v) is 5.35. The minimum Gasteiger partial charge on any atom is -0.389 e. The molecular weight excluding hydrogens is 296 g/mol. The van der Waals surface area contributed by atoms with Gasteiger partial charge in [0.15, 0.2) is 0 Å². The van der Waals surface area contributed by atoms with Crippen LogP contribution in [0.3, 0.4) is 0 Å². The summed E-state index contributed by atoms with van der Waals surface area (Å²) in [5.41, 5.74) is 2.96. The molecule has 5 nitrogen and oxygen atoms in total. The fraction of sp³-hybridized carbons (Fsp3) is 0.308. The predicted octanol–water partition coefficient (Wildman–Crippen LogP) is 2.02. The van der Waals surface area contributed by atoms with Gasteiger partial charge in [-0.05, 0) is 24.6 Å². The molecule has 0 bridgehead atoms. The van der Waals surface area contributed by atoms with Gasteiger partial charge in [0.2, 0.25) is 10.0 Å². The maximum Gasteiger partial charge on any atom is 0.243 e. The van der Waals surface area contributed by atoms with Crippen molar-refractivity contribution in [3.63, 3.8) is 0 Å². The van der Waals surface area contributed by atoms with Crippen molar-refractivity contribution in [1.29, 1.82) is 0 Å². The fourth-order valence-electron chi connectivity index (χ4n) is 1.74. The van der Waals surface area contributed by atoms with Crippen LogP contribution in [0.4, 0.5) is 0 Å². The number of sulfonamides is 1. The molecule has 1 unspecified atom stereocenters. The predicted molar refractivity (Wildman–Crippen MR) is 77.8 cm³/mol. The van der Waals surface area contributed by atoms with Crippen molar-refractivity contribution in [2.45, 2.75) is 24.5 Å². The number of aliphatic hydroxyl groups excluding tert-OH is 1. The van der Waals surface area contributed by atoms with Crippen LogP contribution in [-0.4, -0.2) is 29.9 Å². The summed E-state index contributed by atoms with van der Waals surface area (Å²) in [6.07, 6.45) is -0.700. The Morgan fingerprint density at radius 2 is 2.20 bits per heavy atom. The van der Waals surface area contributed by atoms with E-state index in [1.165, 1.54) is 34.8 Å². The number of aliphatic hydroxyl groups is 1. The van der Waals surface area contributed by atoms with Crippen LogP contribution in [0.25, 0.3) is 0 Å². The topological polar surface area (TPSA) is 70.5 Å². The Morgan fingerprint density at radius 1 is 1.45 bits per heavy atom. The van der Waals surface area contributed by atoms with Crippen molar-refractivity contribution in [2.24, 2.45) is 0 Å². The zero-order valence-corrected chi connectivity index (χ0v) is 12.9. The Morgan fingerprint density at radius 3 is 2.80 bits per heavy atom. The van der Waals surface area contributed by atoms with Gasteiger partial charge >= 0.3 is 0 Å². The van der Waals surface area contributed by atoms with Crippen LogP contribution in [0.5, 0.6) is 0 Å². The molecule has 7 heteroatoms. The molecule has 0 fully saturated rings. The monoisotopic (exact) mass is 312 g/mol. The Hall–Kier alpha value is -1.28. The lowest BCUT2D eigenvalue weighted by molar-refractivity contribution is 0.199. The molecule has 1 aromatic carbocycles. The standard InChI is InChI=1S/C13H16N2O3S2/c1-10(16)11-4-3-5-13(6-11)20(17,18)15(2)7-12-8-19-9-14-12/h3-6,8-10,16H,7H2,1-2H3. The van der Waals surface area contributed by atoms with Crippen LogP contribution in [0.1, 0.15) is 24.3 Å². The summed E-state index contributed by atoms with van der Waals surface area (Å²) >= 11 is 1.43. The summed E-state index contributed by atoms with van der Waals surface area (Å²) in [7, 11) is -2.07. The summed E-state index contributed by atoms with van der Waals surface area (Å²) in [6, 6.07) is 6.35. The van der Waals surface area contributed by atoms with E-state index >= 15 is 0 Å². The molecule has 108 valence electrons. The Bertz CT molecular complexity index is 667. The molecule has 0 saturated carbocycles. The summed E-state index contributed by atoms with van der Waals surface area (Å²) in [5, 5.41) is 11.4. The molecule has 1 aromatic heterocycles. The highest BCUT2D eigenvalue weighted by Gasteiger charge is 2.22. The minimum atomic E-state index is -3.58. The number of hydrogen-bond donors (Lipinski definition) is 1. The van der Waals surface area contributed by atoms with E-state index in [1.54, 1.807) is 24.6 Å². The largest absolute Gasteiger partial charge is 0.389 e. The first-order valence-electron chi connectivity index (χ1n) is 6.02. The molecule has 0 aliphatic rings. The first-order valence-corrected chi connectivity index (χ1v) is 8.41. The van der Waals surface area contributed by atoms with Gasteiger partial charge in [0.25, 0.3) is 0 Å². The summed E-state index contributed by atoms with van der Waals surface area (Å²) in [6.45, 7) is 1.83. The van der Waals surface area contributed by atoms with Gasteiger partial charge in [-0.25, -0.2) is 13.4 Å². The number of hydrogen-bond acceptors (Lipinski definition) is 5. The lowest BCUT2D eigenvalue weighted by Gasteiger charge is -2.17. The van der Waals surface area contributed by atoms with Gasteiger partial charge in [0.1, 0.15) is 0 Å². The summed E-state index contributed by atoms with van der Waals surface area (Å²) < 4.78 is 26.2. The first-order chi connectivity index (χ1) is 9.41. The number of benzene rings is 1. The molecule has 0 aliphatic carbocycles. The molecule has 0 saturated heterocycles. The second-order valence-electron chi connectivity index (χ2n) is 4.49. The third kappa shape index (κ3) is 3.24. The van der Waals surface area contributed by atoms with E-state index in [4.69, 9.17) is 0 Å². The zero-order chi connectivity index (χ0) is 14.8. The van der Waals surface area contributed by atoms with E-state index in [0.717, 1.165) is 0 Å². The molecule has 1 atom stereocenters. The van der Waals surface area contributed by atoms with Crippen LogP contribution < -0.4 is 0 Å². The maximum absolute atomic E-state index is 12.5. The van der Waals surface area contributed by atoms with E-state index < -0.39 is 16.1 Å². The van der Waals surface area contributed by atoms with Crippen LogP contribution in [-0.2, 0) is 16.6 Å². The van der Waals surface area contributed by atoms with Crippen LogP contribution in [0.2, 0.25) is 0 Å². The van der Waals surface area contributed by atoms with E-state index in [9.17, 15) is 13.5 Å². The molecule has 0 amide bonds. The molecule has 20 heavy (non-hydrogen) atoms. The average Bonchev–Trinajstić information content (AvgIpc) is 2.91. The molecule has 2 rings (SSSR count). The lowest BCUT2D eigenvalue weighted by atomic mass is 10.1. The molecule has 1 heterocycles. The smallest absolute Gasteiger partial charge is 0.243 e. The normalized spacial score (nSPS) is 13.6. The molecule has 1 N–H and O–H groups in total. The number of thiazole rings is 1. The highest BCUT2D eigenvalue weighted by Crippen LogP contribution is 2.21. The van der Waals surface area contributed by atoms with Crippen LogP contribution >= 0.6 is 11.3 Å². The molecule has 0 radical (unpaired) electrons. The van der Waals surface area contributed by atoms with E-state index in [2.05, 4.69) is 4.98 Å². The SMILES string of the molecule is CC(O)c1cccc(S(=O)(=O)N(C)Cc2cscn2)c1. The third-order valence-electron chi connectivity index (χ3n) is 2.92. The van der Waals surface area contributed by atoms with Gasteiger partial charge in [-0.1, -0.05) is 12.1 Å². The molecule has 0 aliphatic heterocycles. The van der Waals surface area contributed by atoms with Crippen LogP contribution in [0, 0.1) is 0 Å². The van der Waals surface area contributed by atoms with Gasteiger partial charge in [0, 0.05) is 12.4 Å². The number of aromatic nitrogens is 1. The van der Waals surface area contributed by atoms with Gasteiger partial charge in [-0.3, -0.25) is 0 Å². The van der Waals surface area contributed by atoms with E-state index in [0.29, 0.717) is 11.3 Å². The van der Waals surface area contributed by atoms with Crippen molar-refractivity contribution >= 4 is 21.4 Å². The first kappa shape index (κ1) is 15.1. The van der Waals surface area contributed by atoms with Crippen molar-refractivity contribution in [1.82, 2.24) is 9.29 Å². The van der Waals surface area contributed by atoms with Gasteiger partial charge in [-0.2, -0.15) is 4.31 Å². The van der Waals surface area contributed by atoms with Gasteiger partial charge in [0.05, 0.1) is 28.7 Å². The Kier molecular flexibility index (Phi) is 4.54. The van der Waals surface area contributed by atoms with E-state index in [-0.39, 0.29) is 11.4 Å². The number of nitrogens with zero attached hydrogens (tertiary/aromatic N) is 2. The minimum absolute atomic E-state index is 0.175. The fourth-order valence-corrected chi connectivity index (χ4v) is 3.49. The summed E-state index contributed by atoms with van der Waals surface area (Å²) in [5.74, 6) is 0. The average molecular weight is 312 g/mol. The van der Waals surface area contributed by atoms with Crippen molar-refractivity contribution in [3.05, 3.63) is 46.4 Å². The van der Waals surface area contributed by atoms with Crippen molar-refractivity contribution in [3.8, 4) is 0 Å². The highest BCUT2D eigenvalue weighted by atomic mass is 32.2. The van der Waals surface area contributed by atoms with Crippen molar-refractivity contribution in [2.75, 3.05) is 7.05 Å². The Balaban J connectivity index is 2.27. The van der Waals surface area contributed by atoms with Crippen LogP contribution in [0.15, 0.2) is 40.1 Å². The quantitative estimate of drug-likeness (QED) is 0.917. The number of rotatable bonds is 5. The maximum atomic E-state index is 12.5. The van der Waals surface area contributed by atoms with Gasteiger partial charge < -0.3 is 5.11 Å².